The normalized spacial score (nSPS) is 14.8. The smallest absolute Gasteiger partial charge is 0.338 e. The summed E-state index contributed by atoms with van der Waals surface area (Å²) < 4.78 is 11.0. The zero-order valence-electron chi connectivity index (χ0n) is 14.8. The first-order valence-corrected chi connectivity index (χ1v) is 8.97. The lowest BCUT2D eigenvalue weighted by molar-refractivity contribution is -0.137. The quantitative estimate of drug-likeness (QED) is 0.582. The highest BCUT2D eigenvalue weighted by Gasteiger charge is 2.19. The third-order valence-corrected chi connectivity index (χ3v) is 4.71. The van der Waals surface area contributed by atoms with Crippen molar-refractivity contribution in [3.8, 4) is 5.75 Å². The number of carbonyl (C=O) groups excluding carboxylic acids is 2. The minimum Gasteiger partial charge on any atom is -0.462 e. The number of esters is 2. The Kier molecular flexibility index (Phi) is 5.37. The number of hydrogen-bond donors (Lipinski definition) is 0. The summed E-state index contributed by atoms with van der Waals surface area (Å²) in [4.78, 5) is 24.4. The molecule has 4 nitrogen and oxygen atoms in total. The van der Waals surface area contributed by atoms with Crippen molar-refractivity contribution < 1.29 is 19.1 Å². The molecule has 1 saturated carbocycles. The van der Waals surface area contributed by atoms with Crippen LogP contribution in [0.15, 0.2) is 36.4 Å². The van der Waals surface area contributed by atoms with Crippen molar-refractivity contribution in [1.29, 1.82) is 0 Å². The van der Waals surface area contributed by atoms with Crippen LogP contribution in [0.4, 0.5) is 0 Å². The van der Waals surface area contributed by atoms with Crippen LogP contribution in [-0.4, -0.2) is 18.5 Å². The monoisotopic (exact) mass is 340 g/mol. The van der Waals surface area contributed by atoms with Crippen molar-refractivity contribution in [3.05, 3.63) is 42.0 Å². The predicted octanol–water partition coefficient (Wildman–Crippen LogP) is 4.75. The van der Waals surface area contributed by atoms with E-state index < -0.39 is 0 Å². The van der Waals surface area contributed by atoms with Gasteiger partial charge in [-0.15, -0.1) is 0 Å². The van der Waals surface area contributed by atoms with Gasteiger partial charge in [-0.1, -0.05) is 51.0 Å². The van der Waals surface area contributed by atoms with E-state index in [1.807, 2.05) is 12.1 Å². The Morgan fingerprint density at radius 3 is 2.44 bits per heavy atom. The Morgan fingerprint density at radius 2 is 1.72 bits per heavy atom. The Labute approximate surface area is 148 Å². The fourth-order valence-corrected chi connectivity index (χ4v) is 3.22. The molecule has 132 valence electrons. The van der Waals surface area contributed by atoms with Crippen LogP contribution >= 0.6 is 0 Å². The molecule has 1 aliphatic rings. The summed E-state index contributed by atoms with van der Waals surface area (Å²) in [5, 5.41) is 1.49. The van der Waals surface area contributed by atoms with Gasteiger partial charge in [0.05, 0.1) is 18.1 Å². The largest absolute Gasteiger partial charge is 0.462 e. The Hall–Kier alpha value is -2.36. The zero-order valence-corrected chi connectivity index (χ0v) is 14.8. The summed E-state index contributed by atoms with van der Waals surface area (Å²) in [5.41, 5.74) is 0.512. The van der Waals surface area contributed by atoms with Gasteiger partial charge < -0.3 is 9.47 Å². The fourth-order valence-electron chi connectivity index (χ4n) is 3.22. The number of ether oxygens (including phenoxy) is 2. The van der Waals surface area contributed by atoms with E-state index >= 15 is 0 Å². The van der Waals surface area contributed by atoms with Gasteiger partial charge in [-0.25, -0.2) is 4.79 Å². The Morgan fingerprint density at radius 1 is 1.04 bits per heavy atom. The van der Waals surface area contributed by atoms with Crippen molar-refractivity contribution in [2.75, 3.05) is 6.61 Å². The molecule has 0 radical (unpaired) electrons. The maximum absolute atomic E-state index is 12.5. The SMILES string of the molecule is CC(C)C(=O)Oc1cccc2c(C(=O)OCC3CCCC3)cccc12. The molecule has 0 N–H and O–H groups in total. The van der Waals surface area contributed by atoms with Gasteiger partial charge >= 0.3 is 11.9 Å². The lowest BCUT2D eigenvalue weighted by atomic mass is 10.0. The number of carbonyl (C=O) groups is 2. The third-order valence-electron chi connectivity index (χ3n) is 4.71. The van der Waals surface area contributed by atoms with Crippen LogP contribution in [-0.2, 0) is 9.53 Å². The molecule has 3 rings (SSSR count). The molecule has 0 saturated heterocycles. The Bertz CT molecular complexity index is 773. The fraction of sp³-hybridized carbons (Fsp3) is 0.429. The summed E-state index contributed by atoms with van der Waals surface area (Å²) >= 11 is 0. The maximum Gasteiger partial charge on any atom is 0.338 e. The topological polar surface area (TPSA) is 52.6 Å². The molecule has 0 amide bonds. The van der Waals surface area contributed by atoms with Crippen molar-refractivity contribution in [3.63, 3.8) is 0 Å². The number of benzene rings is 2. The highest BCUT2D eigenvalue weighted by Crippen LogP contribution is 2.30. The van der Waals surface area contributed by atoms with Gasteiger partial charge in [-0.3, -0.25) is 4.79 Å². The van der Waals surface area contributed by atoms with Crippen LogP contribution in [0.25, 0.3) is 10.8 Å². The standard InChI is InChI=1S/C21H24O4/c1-14(2)20(22)25-19-12-6-9-16-17(19)10-5-11-18(16)21(23)24-13-15-7-3-4-8-15/h5-6,9-12,14-15H,3-4,7-8,13H2,1-2H3. The van der Waals surface area contributed by atoms with Gasteiger partial charge in [0.1, 0.15) is 5.75 Å². The molecule has 0 unspecified atom stereocenters. The van der Waals surface area contributed by atoms with Crippen LogP contribution in [0.1, 0.15) is 49.9 Å². The summed E-state index contributed by atoms with van der Waals surface area (Å²) in [6.07, 6.45) is 4.72. The van der Waals surface area contributed by atoms with Crippen molar-refractivity contribution in [1.82, 2.24) is 0 Å². The second kappa shape index (κ2) is 7.68. The van der Waals surface area contributed by atoms with E-state index in [0.717, 1.165) is 23.6 Å². The summed E-state index contributed by atoms with van der Waals surface area (Å²) in [6, 6.07) is 10.8. The van der Waals surface area contributed by atoms with Crippen molar-refractivity contribution >= 4 is 22.7 Å². The molecule has 25 heavy (non-hydrogen) atoms. The molecule has 2 aromatic carbocycles. The number of rotatable bonds is 5. The van der Waals surface area contributed by atoms with Crippen molar-refractivity contribution in [2.24, 2.45) is 11.8 Å². The first kappa shape index (κ1) is 17.5. The van der Waals surface area contributed by atoms with E-state index in [-0.39, 0.29) is 17.9 Å². The average Bonchev–Trinajstić information content (AvgIpc) is 3.13. The lowest BCUT2D eigenvalue weighted by Gasteiger charge is -2.13. The van der Waals surface area contributed by atoms with Gasteiger partial charge in [0, 0.05) is 5.39 Å². The predicted molar refractivity (Wildman–Crippen MR) is 96.7 cm³/mol. The molecule has 0 aliphatic heterocycles. The molecule has 0 spiro atoms. The van der Waals surface area contributed by atoms with Gasteiger partial charge in [0.2, 0.25) is 0 Å². The van der Waals surface area contributed by atoms with E-state index in [2.05, 4.69) is 0 Å². The lowest BCUT2D eigenvalue weighted by Crippen LogP contribution is -2.15. The Balaban J connectivity index is 1.83. The minimum atomic E-state index is -0.315. The molecule has 0 heterocycles. The third kappa shape index (κ3) is 4.01. The molecule has 2 aromatic rings. The van der Waals surface area contributed by atoms with Crippen LogP contribution in [0.2, 0.25) is 0 Å². The summed E-state index contributed by atoms with van der Waals surface area (Å²) in [7, 11) is 0. The molecule has 0 bridgehead atoms. The number of hydrogen-bond acceptors (Lipinski definition) is 4. The van der Waals surface area contributed by atoms with E-state index in [4.69, 9.17) is 9.47 Å². The first-order valence-electron chi connectivity index (χ1n) is 8.97. The second-order valence-corrected chi connectivity index (χ2v) is 6.98. The minimum absolute atomic E-state index is 0.213. The molecule has 4 heteroatoms. The van der Waals surface area contributed by atoms with Crippen LogP contribution in [0.3, 0.4) is 0 Å². The van der Waals surface area contributed by atoms with E-state index in [1.165, 1.54) is 12.8 Å². The first-order chi connectivity index (χ1) is 12.1. The molecule has 1 aliphatic carbocycles. The highest BCUT2D eigenvalue weighted by atomic mass is 16.5. The molecule has 0 atom stereocenters. The van der Waals surface area contributed by atoms with E-state index in [1.54, 1.807) is 38.1 Å². The summed E-state index contributed by atoms with van der Waals surface area (Å²) in [6.45, 7) is 4.07. The molecule has 1 fully saturated rings. The highest BCUT2D eigenvalue weighted by molar-refractivity contribution is 6.06. The molecular weight excluding hydrogens is 316 g/mol. The van der Waals surface area contributed by atoms with E-state index in [9.17, 15) is 9.59 Å². The van der Waals surface area contributed by atoms with Crippen LogP contribution in [0.5, 0.6) is 5.75 Å². The molecule has 0 aromatic heterocycles. The van der Waals surface area contributed by atoms with Crippen LogP contribution < -0.4 is 4.74 Å². The summed E-state index contributed by atoms with van der Waals surface area (Å²) in [5.74, 6) is 0.143. The van der Waals surface area contributed by atoms with Gasteiger partial charge in [-0.2, -0.15) is 0 Å². The zero-order chi connectivity index (χ0) is 17.8. The maximum atomic E-state index is 12.5. The second-order valence-electron chi connectivity index (χ2n) is 6.98. The average molecular weight is 340 g/mol. The van der Waals surface area contributed by atoms with Crippen molar-refractivity contribution in [2.45, 2.75) is 39.5 Å². The van der Waals surface area contributed by atoms with Gasteiger partial charge in [0.15, 0.2) is 0 Å². The molecular formula is C21H24O4. The van der Waals surface area contributed by atoms with Gasteiger partial charge in [-0.05, 0) is 36.3 Å². The number of fused-ring (bicyclic) bond motifs is 1. The van der Waals surface area contributed by atoms with E-state index in [0.29, 0.717) is 23.8 Å². The van der Waals surface area contributed by atoms with Gasteiger partial charge in [0.25, 0.3) is 0 Å². The van der Waals surface area contributed by atoms with Crippen LogP contribution in [0, 0.1) is 11.8 Å².